The molecule has 0 saturated heterocycles. The lowest BCUT2D eigenvalue weighted by atomic mass is 9.81. The molecule has 1 rings (SSSR count). The summed E-state index contributed by atoms with van der Waals surface area (Å²) in [4.78, 5) is 0. The van der Waals surface area contributed by atoms with E-state index in [1.165, 1.54) is 31.9 Å². The first-order valence-electron chi connectivity index (χ1n) is 5.38. The van der Waals surface area contributed by atoms with Crippen molar-refractivity contribution in [1.29, 1.82) is 0 Å². The number of hydrogen-bond donors (Lipinski definition) is 1. The van der Waals surface area contributed by atoms with E-state index in [-0.39, 0.29) is 5.75 Å². The quantitative estimate of drug-likeness (QED) is 0.730. The average Bonchev–Trinajstić information content (AvgIpc) is 1.94. The molecule has 1 aliphatic rings. The van der Waals surface area contributed by atoms with Crippen LogP contribution in [-0.2, 0) is 9.84 Å². The zero-order valence-corrected chi connectivity index (χ0v) is 9.94. The molecule has 0 amide bonds. The Morgan fingerprint density at radius 1 is 1.43 bits per heavy atom. The second-order valence-corrected chi connectivity index (χ2v) is 6.78. The molecule has 84 valence electrons. The first-order valence-corrected chi connectivity index (χ1v) is 7.44. The largest absolute Gasteiger partial charge is 0.313 e. The minimum absolute atomic E-state index is 0.252. The average molecular weight is 219 g/mol. The van der Waals surface area contributed by atoms with Crippen molar-refractivity contribution in [2.75, 3.05) is 18.6 Å². The highest BCUT2D eigenvalue weighted by atomic mass is 32.2. The van der Waals surface area contributed by atoms with Crippen LogP contribution in [-0.4, -0.2) is 33.0 Å². The van der Waals surface area contributed by atoms with Crippen molar-refractivity contribution in [3.63, 3.8) is 0 Å². The summed E-state index contributed by atoms with van der Waals surface area (Å²) in [6, 6.07) is 0.460. The first kappa shape index (κ1) is 12.0. The molecule has 0 radical (unpaired) electrons. The molecule has 0 aromatic heterocycles. The van der Waals surface area contributed by atoms with Gasteiger partial charge in [-0.2, -0.15) is 0 Å². The standard InChI is InChI=1S/C10H21NO2S/c1-9(8-10-4-3-5-10)11-6-7-14(2,12)13/h9-11H,3-8H2,1-2H3. The summed E-state index contributed by atoms with van der Waals surface area (Å²) in [5, 5.41) is 3.26. The Morgan fingerprint density at radius 2 is 2.07 bits per heavy atom. The summed E-state index contributed by atoms with van der Waals surface area (Å²) < 4.78 is 21.7. The fourth-order valence-electron chi connectivity index (χ4n) is 1.80. The highest BCUT2D eigenvalue weighted by Crippen LogP contribution is 2.30. The molecule has 1 aliphatic carbocycles. The number of rotatable bonds is 6. The molecule has 0 aliphatic heterocycles. The smallest absolute Gasteiger partial charge is 0.148 e. The summed E-state index contributed by atoms with van der Waals surface area (Å²) in [7, 11) is -2.80. The van der Waals surface area contributed by atoms with Crippen molar-refractivity contribution in [3.05, 3.63) is 0 Å². The van der Waals surface area contributed by atoms with Gasteiger partial charge in [0.2, 0.25) is 0 Å². The zero-order chi connectivity index (χ0) is 10.6. The van der Waals surface area contributed by atoms with Crippen LogP contribution in [0.5, 0.6) is 0 Å². The van der Waals surface area contributed by atoms with Gasteiger partial charge < -0.3 is 5.32 Å². The van der Waals surface area contributed by atoms with Crippen molar-refractivity contribution in [2.45, 2.75) is 38.6 Å². The molecule has 1 N–H and O–H groups in total. The fourth-order valence-corrected chi connectivity index (χ4v) is 2.29. The lowest BCUT2D eigenvalue weighted by Crippen LogP contribution is -2.33. The van der Waals surface area contributed by atoms with Crippen LogP contribution >= 0.6 is 0 Å². The summed E-state index contributed by atoms with van der Waals surface area (Å²) in [6.07, 6.45) is 6.58. The Labute approximate surface area is 87.2 Å². The van der Waals surface area contributed by atoms with Crippen molar-refractivity contribution in [1.82, 2.24) is 5.32 Å². The van der Waals surface area contributed by atoms with Crippen molar-refractivity contribution in [2.24, 2.45) is 5.92 Å². The summed E-state index contributed by atoms with van der Waals surface area (Å²) in [5.41, 5.74) is 0. The Hall–Kier alpha value is -0.0900. The third kappa shape index (κ3) is 4.96. The van der Waals surface area contributed by atoms with Crippen LogP contribution in [0.1, 0.15) is 32.6 Å². The summed E-state index contributed by atoms with van der Waals surface area (Å²) >= 11 is 0. The molecule has 1 unspecified atom stereocenters. The van der Waals surface area contributed by atoms with Gasteiger partial charge in [0, 0.05) is 18.8 Å². The topological polar surface area (TPSA) is 46.2 Å². The first-order chi connectivity index (χ1) is 6.47. The Kier molecular flexibility index (Phi) is 4.38. The highest BCUT2D eigenvalue weighted by molar-refractivity contribution is 7.90. The second-order valence-electron chi connectivity index (χ2n) is 4.52. The Bertz CT molecular complexity index is 257. The monoisotopic (exact) mass is 219 g/mol. The number of sulfone groups is 1. The van der Waals surface area contributed by atoms with Gasteiger partial charge in [0.15, 0.2) is 0 Å². The molecule has 3 nitrogen and oxygen atoms in total. The van der Waals surface area contributed by atoms with Crippen molar-refractivity contribution in [3.8, 4) is 0 Å². The maximum absolute atomic E-state index is 10.9. The second kappa shape index (κ2) is 5.12. The molecule has 0 heterocycles. The zero-order valence-electron chi connectivity index (χ0n) is 9.12. The van der Waals surface area contributed by atoms with Crippen LogP contribution in [0.3, 0.4) is 0 Å². The van der Waals surface area contributed by atoms with E-state index in [4.69, 9.17) is 0 Å². The molecule has 1 atom stereocenters. The minimum Gasteiger partial charge on any atom is -0.313 e. The number of hydrogen-bond acceptors (Lipinski definition) is 3. The van der Waals surface area contributed by atoms with Crippen LogP contribution < -0.4 is 5.32 Å². The third-order valence-corrected chi connectivity index (χ3v) is 3.82. The van der Waals surface area contributed by atoms with Gasteiger partial charge in [0.1, 0.15) is 9.84 Å². The molecular weight excluding hydrogens is 198 g/mol. The normalized spacial score (nSPS) is 20.4. The van der Waals surface area contributed by atoms with E-state index in [1.54, 1.807) is 0 Å². The van der Waals surface area contributed by atoms with Gasteiger partial charge in [-0.05, 0) is 19.3 Å². The molecule has 0 bridgehead atoms. The number of nitrogens with one attached hydrogen (secondary N) is 1. The molecule has 1 fully saturated rings. The Balaban J connectivity index is 2.05. The van der Waals surface area contributed by atoms with E-state index in [0.29, 0.717) is 12.6 Å². The van der Waals surface area contributed by atoms with Gasteiger partial charge in [0.25, 0.3) is 0 Å². The lowest BCUT2D eigenvalue weighted by molar-refractivity contribution is 0.267. The van der Waals surface area contributed by atoms with Gasteiger partial charge in [-0.15, -0.1) is 0 Å². The maximum Gasteiger partial charge on any atom is 0.148 e. The highest BCUT2D eigenvalue weighted by Gasteiger charge is 2.19. The maximum atomic E-state index is 10.9. The lowest BCUT2D eigenvalue weighted by Gasteiger charge is -2.28. The predicted molar refractivity (Wildman–Crippen MR) is 59.1 cm³/mol. The SMILES string of the molecule is CC(CC1CCC1)NCCS(C)(=O)=O. The van der Waals surface area contributed by atoms with Gasteiger partial charge in [-0.3, -0.25) is 0 Å². The molecule has 4 heteroatoms. The van der Waals surface area contributed by atoms with Crippen LogP contribution in [0, 0.1) is 5.92 Å². The molecule has 1 saturated carbocycles. The summed E-state index contributed by atoms with van der Waals surface area (Å²) in [5.74, 6) is 1.14. The van der Waals surface area contributed by atoms with Gasteiger partial charge >= 0.3 is 0 Å². The van der Waals surface area contributed by atoms with Crippen molar-refractivity contribution < 1.29 is 8.42 Å². The van der Waals surface area contributed by atoms with E-state index in [2.05, 4.69) is 12.2 Å². The van der Waals surface area contributed by atoms with E-state index in [9.17, 15) is 8.42 Å². The van der Waals surface area contributed by atoms with Crippen molar-refractivity contribution >= 4 is 9.84 Å². The summed E-state index contributed by atoms with van der Waals surface area (Å²) in [6.45, 7) is 2.73. The molecule has 14 heavy (non-hydrogen) atoms. The van der Waals surface area contributed by atoms with Crippen LogP contribution in [0.25, 0.3) is 0 Å². The Morgan fingerprint density at radius 3 is 2.50 bits per heavy atom. The molecule has 0 spiro atoms. The van der Waals surface area contributed by atoms with Crippen LogP contribution in [0.4, 0.5) is 0 Å². The van der Waals surface area contributed by atoms with Crippen LogP contribution in [0.2, 0.25) is 0 Å². The van der Waals surface area contributed by atoms with Gasteiger partial charge in [-0.25, -0.2) is 8.42 Å². The minimum atomic E-state index is -2.80. The third-order valence-electron chi connectivity index (χ3n) is 2.88. The molecule has 0 aromatic rings. The van der Waals surface area contributed by atoms with Gasteiger partial charge in [0.05, 0.1) is 5.75 Å². The predicted octanol–water partition coefficient (Wildman–Crippen LogP) is 1.20. The van der Waals surface area contributed by atoms with E-state index < -0.39 is 9.84 Å². The molecular formula is C10H21NO2S. The van der Waals surface area contributed by atoms with E-state index in [0.717, 1.165) is 5.92 Å². The van der Waals surface area contributed by atoms with E-state index in [1.807, 2.05) is 0 Å². The van der Waals surface area contributed by atoms with Gasteiger partial charge in [-0.1, -0.05) is 19.3 Å². The molecule has 0 aromatic carbocycles. The fraction of sp³-hybridized carbons (Fsp3) is 1.00. The van der Waals surface area contributed by atoms with Crippen LogP contribution in [0.15, 0.2) is 0 Å². The van der Waals surface area contributed by atoms with E-state index >= 15 is 0 Å².